The van der Waals surface area contributed by atoms with Crippen molar-refractivity contribution in [1.82, 2.24) is 4.90 Å². The number of halogens is 1. The number of nitrogens with two attached hydrogens (primary N) is 1. The molecule has 0 saturated heterocycles. The molecular weight excluding hydrogens is 268 g/mol. The summed E-state index contributed by atoms with van der Waals surface area (Å²) >= 11 is 6.34. The molecule has 0 amide bonds. The van der Waals surface area contributed by atoms with Crippen molar-refractivity contribution in [3.8, 4) is 11.1 Å². The fourth-order valence-electron chi connectivity index (χ4n) is 2.25. The van der Waals surface area contributed by atoms with Crippen molar-refractivity contribution in [3.63, 3.8) is 0 Å². The zero-order chi connectivity index (χ0) is 14.7. The molecule has 2 aromatic carbocycles. The number of hydrogen-bond donors (Lipinski definition) is 1. The highest BCUT2D eigenvalue weighted by molar-refractivity contribution is 6.33. The zero-order valence-corrected chi connectivity index (χ0v) is 13.0. The Labute approximate surface area is 126 Å². The molecule has 2 N–H and O–H groups in total. The van der Waals surface area contributed by atoms with Gasteiger partial charge in [0.15, 0.2) is 0 Å². The van der Waals surface area contributed by atoms with Gasteiger partial charge in [-0.25, -0.2) is 0 Å². The topological polar surface area (TPSA) is 29.3 Å². The van der Waals surface area contributed by atoms with E-state index in [2.05, 4.69) is 49.3 Å². The Balaban J connectivity index is 2.42. The minimum atomic E-state index is 0.0102. The predicted octanol–water partition coefficient (Wildman–Crippen LogP) is 4.09. The van der Waals surface area contributed by atoms with Crippen LogP contribution in [0, 0.1) is 0 Å². The van der Waals surface area contributed by atoms with Crippen LogP contribution in [0.3, 0.4) is 0 Å². The third kappa shape index (κ3) is 3.60. The first kappa shape index (κ1) is 15.0. The van der Waals surface area contributed by atoms with Crippen LogP contribution in [0.1, 0.15) is 24.1 Å². The summed E-state index contributed by atoms with van der Waals surface area (Å²) in [6.45, 7) is 2.90. The van der Waals surface area contributed by atoms with E-state index in [1.54, 1.807) is 0 Å². The fraction of sp³-hybridized carbons (Fsp3) is 0.294. The van der Waals surface area contributed by atoms with Gasteiger partial charge < -0.3 is 10.6 Å². The van der Waals surface area contributed by atoms with Crippen LogP contribution in [0.25, 0.3) is 11.1 Å². The van der Waals surface area contributed by atoms with Crippen LogP contribution in [-0.4, -0.2) is 19.0 Å². The van der Waals surface area contributed by atoms with E-state index in [0.29, 0.717) is 0 Å². The molecule has 0 aliphatic carbocycles. The fourth-order valence-corrected chi connectivity index (χ4v) is 2.48. The highest BCUT2D eigenvalue weighted by atomic mass is 35.5. The quantitative estimate of drug-likeness (QED) is 0.918. The summed E-state index contributed by atoms with van der Waals surface area (Å²) in [7, 11) is 4.13. The lowest BCUT2D eigenvalue weighted by atomic mass is 9.99. The lowest BCUT2D eigenvalue weighted by Crippen LogP contribution is -2.10. The molecule has 3 heteroatoms. The zero-order valence-electron chi connectivity index (χ0n) is 12.2. The summed E-state index contributed by atoms with van der Waals surface area (Å²) in [5.41, 5.74) is 10.5. The molecule has 0 saturated carbocycles. The number of nitrogens with zero attached hydrogens (tertiary/aromatic N) is 1. The van der Waals surface area contributed by atoms with Gasteiger partial charge in [0.05, 0.1) is 0 Å². The first-order valence-electron chi connectivity index (χ1n) is 6.76. The molecule has 0 heterocycles. The lowest BCUT2D eigenvalue weighted by Gasteiger charge is -2.13. The first-order valence-corrected chi connectivity index (χ1v) is 7.14. The molecule has 2 nitrogen and oxygen atoms in total. The number of hydrogen-bond acceptors (Lipinski definition) is 2. The summed E-state index contributed by atoms with van der Waals surface area (Å²) in [5.74, 6) is 0. The second-order valence-corrected chi connectivity index (χ2v) is 5.87. The third-order valence-corrected chi connectivity index (χ3v) is 3.58. The SMILES string of the molecule is CC(N)c1ccc(Cl)c(-c2cccc(CN(C)C)c2)c1. The van der Waals surface area contributed by atoms with Crippen LogP contribution < -0.4 is 5.73 Å². The van der Waals surface area contributed by atoms with Crippen molar-refractivity contribution < 1.29 is 0 Å². The van der Waals surface area contributed by atoms with E-state index < -0.39 is 0 Å². The summed E-state index contributed by atoms with van der Waals surface area (Å²) in [5, 5.41) is 0.761. The van der Waals surface area contributed by atoms with Crippen molar-refractivity contribution in [2.24, 2.45) is 5.73 Å². The van der Waals surface area contributed by atoms with E-state index in [1.807, 2.05) is 19.1 Å². The van der Waals surface area contributed by atoms with Crippen LogP contribution in [0.4, 0.5) is 0 Å². The molecular formula is C17H21ClN2. The van der Waals surface area contributed by atoms with Crippen LogP contribution in [0.15, 0.2) is 42.5 Å². The molecule has 0 fully saturated rings. The number of rotatable bonds is 4. The highest BCUT2D eigenvalue weighted by Gasteiger charge is 2.08. The van der Waals surface area contributed by atoms with Crippen molar-refractivity contribution in [3.05, 3.63) is 58.6 Å². The highest BCUT2D eigenvalue weighted by Crippen LogP contribution is 2.30. The normalized spacial score (nSPS) is 12.7. The van der Waals surface area contributed by atoms with E-state index >= 15 is 0 Å². The molecule has 0 bridgehead atoms. The van der Waals surface area contributed by atoms with E-state index in [-0.39, 0.29) is 6.04 Å². The Morgan fingerprint density at radius 2 is 1.90 bits per heavy atom. The van der Waals surface area contributed by atoms with Gasteiger partial charge in [-0.3, -0.25) is 0 Å². The van der Waals surface area contributed by atoms with Crippen LogP contribution in [0.5, 0.6) is 0 Å². The van der Waals surface area contributed by atoms with Gasteiger partial charge in [0.25, 0.3) is 0 Å². The van der Waals surface area contributed by atoms with Gasteiger partial charge in [-0.15, -0.1) is 0 Å². The van der Waals surface area contributed by atoms with Crippen molar-refractivity contribution in [2.75, 3.05) is 14.1 Å². The smallest absolute Gasteiger partial charge is 0.0484 e. The molecule has 20 heavy (non-hydrogen) atoms. The van der Waals surface area contributed by atoms with Gasteiger partial charge >= 0.3 is 0 Å². The Kier molecular flexibility index (Phi) is 4.81. The van der Waals surface area contributed by atoms with Crippen LogP contribution in [-0.2, 0) is 6.54 Å². The third-order valence-electron chi connectivity index (χ3n) is 3.25. The first-order chi connectivity index (χ1) is 9.47. The van der Waals surface area contributed by atoms with Crippen molar-refractivity contribution >= 4 is 11.6 Å². The maximum Gasteiger partial charge on any atom is 0.0484 e. The van der Waals surface area contributed by atoms with Gasteiger partial charge in [0.2, 0.25) is 0 Å². The minimum Gasteiger partial charge on any atom is -0.324 e. The lowest BCUT2D eigenvalue weighted by molar-refractivity contribution is 0.402. The van der Waals surface area contributed by atoms with Gasteiger partial charge in [-0.05, 0) is 55.9 Å². The van der Waals surface area contributed by atoms with Crippen LogP contribution >= 0.6 is 11.6 Å². The maximum atomic E-state index is 6.34. The molecule has 0 aliphatic heterocycles. The van der Waals surface area contributed by atoms with E-state index in [9.17, 15) is 0 Å². The predicted molar refractivity (Wildman–Crippen MR) is 86.9 cm³/mol. The second kappa shape index (κ2) is 6.40. The van der Waals surface area contributed by atoms with E-state index in [1.165, 1.54) is 5.56 Å². The standard InChI is InChI=1S/C17H21ClN2/c1-12(19)14-7-8-17(18)16(10-14)15-6-4-5-13(9-15)11-20(2)3/h4-10,12H,11,19H2,1-3H3. The summed E-state index contributed by atoms with van der Waals surface area (Å²) in [4.78, 5) is 2.15. The molecule has 1 unspecified atom stereocenters. The summed E-state index contributed by atoms with van der Waals surface area (Å²) < 4.78 is 0. The molecule has 2 aromatic rings. The Bertz CT molecular complexity index is 591. The molecule has 0 aromatic heterocycles. The monoisotopic (exact) mass is 288 g/mol. The molecule has 0 spiro atoms. The largest absolute Gasteiger partial charge is 0.324 e. The Morgan fingerprint density at radius 3 is 2.55 bits per heavy atom. The maximum absolute atomic E-state index is 6.34. The van der Waals surface area contributed by atoms with E-state index in [0.717, 1.165) is 28.3 Å². The Morgan fingerprint density at radius 1 is 1.15 bits per heavy atom. The van der Waals surface area contributed by atoms with Gasteiger partial charge in [-0.2, -0.15) is 0 Å². The Hall–Kier alpha value is -1.35. The summed E-state index contributed by atoms with van der Waals surface area (Å²) in [6.07, 6.45) is 0. The average Bonchev–Trinajstić information content (AvgIpc) is 2.38. The molecule has 106 valence electrons. The van der Waals surface area contributed by atoms with Crippen LogP contribution in [0.2, 0.25) is 5.02 Å². The van der Waals surface area contributed by atoms with Gasteiger partial charge in [-0.1, -0.05) is 35.9 Å². The van der Waals surface area contributed by atoms with Gasteiger partial charge in [0.1, 0.15) is 0 Å². The molecule has 2 rings (SSSR count). The minimum absolute atomic E-state index is 0.0102. The molecule has 0 aliphatic rings. The molecule has 0 radical (unpaired) electrons. The summed E-state index contributed by atoms with van der Waals surface area (Å²) in [6, 6.07) is 14.5. The number of benzene rings is 2. The van der Waals surface area contributed by atoms with E-state index in [4.69, 9.17) is 17.3 Å². The molecule has 1 atom stereocenters. The van der Waals surface area contributed by atoms with Crippen molar-refractivity contribution in [2.45, 2.75) is 19.5 Å². The average molecular weight is 289 g/mol. The second-order valence-electron chi connectivity index (χ2n) is 5.47. The van der Waals surface area contributed by atoms with Crippen molar-refractivity contribution in [1.29, 1.82) is 0 Å². The van der Waals surface area contributed by atoms with Gasteiger partial charge in [0, 0.05) is 23.2 Å².